The van der Waals surface area contributed by atoms with Crippen LogP contribution in [0.5, 0.6) is 5.75 Å². The van der Waals surface area contributed by atoms with Crippen LogP contribution >= 0.6 is 23.2 Å². The van der Waals surface area contributed by atoms with E-state index in [1.807, 2.05) is 0 Å². The molecule has 0 saturated carbocycles. The van der Waals surface area contributed by atoms with Gasteiger partial charge in [-0.05, 0) is 35.9 Å². The molecule has 0 spiro atoms. The van der Waals surface area contributed by atoms with Gasteiger partial charge in [-0.25, -0.2) is 4.39 Å². The van der Waals surface area contributed by atoms with Gasteiger partial charge in [-0.3, -0.25) is 4.79 Å². The van der Waals surface area contributed by atoms with Crippen molar-refractivity contribution in [2.24, 2.45) is 0 Å². The second-order valence-electron chi connectivity index (χ2n) is 4.19. The third kappa shape index (κ3) is 3.30. The summed E-state index contributed by atoms with van der Waals surface area (Å²) in [5.74, 6) is -0.233. The SMILES string of the molecule is COc1ccc(Cl)cc1C(=O)Cc1ccc(F)c(Cl)c1. The van der Waals surface area contributed by atoms with Gasteiger partial charge in [-0.15, -0.1) is 0 Å². The maximum atomic E-state index is 13.1. The van der Waals surface area contributed by atoms with Crippen LogP contribution in [0.1, 0.15) is 15.9 Å². The molecular formula is C15H11Cl2FO2. The Hall–Kier alpha value is -1.58. The Kier molecular flexibility index (Phi) is 4.63. The largest absolute Gasteiger partial charge is 0.496 e. The zero-order chi connectivity index (χ0) is 14.7. The predicted octanol–water partition coefficient (Wildman–Crippen LogP) is 4.57. The first-order chi connectivity index (χ1) is 9.51. The van der Waals surface area contributed by atoms with Crippen molar-refractivity contribution in [1.82, 2.24) is 0 Å². The number of ether oxygens (including phenoxy) is 1. The lowest BCUT2D eigenvalue weighted by molar-refractivity contribution is 0.0990. The van der Waals surface area contributed by atoms with Crippen LogP contribution in [0.2, 0.25) is 10.0 Å². The normalized spacial score (nSPS) is 10.4. The molecule has 2 aromatic rings. The van der Waals surface area contributed by atoms with E-state index in [0.717, 1.165) is 0 Å². The minimum Gasteiger partial charge on any atom is -0.496 e. The lowest BCUT2D eigenvalue weighted by Gasteiger charge is -2.08. The highest BCUT2D eigenvalue weighted by Gasteiger charge is 2.14. The predicted molar refractivity (Wildman–Crippen MR) is 77.4 cm³/mol. The van der Waals surface area contributed by atoms with Gasteiger partial charge in [0.15, 0.2) is 5.78 Å². The van der Waals surface area contributed by atoms with E-state index in [4.69, 9.17) is 27.9 Å². The molecule has 20 heavy (non-hydrogen) atoms. The fourth-order valence-electron chi connectivity index (χ4n) is 1.83. The van der Waals surface area contributed by atoms with Gasteiger partial charge in [0.1, 0.15) is 11.6 Å². The van der Waals surface area contributed by atoms with Crippen LogP contribution in [0, 0.1) is 5.82 Å². The number of carbonyl (C=O) groups excluding carboxylic acids is 1. The molecule has 0 aliphatic carbocycles. The highest BCUT2D eigenvalue weighted by Crippen LogP contribution is 2.25. The zero-order valence-corrected chi connectivity index (χ0v) is 12.1. The van der Waals surface area contributed by atoms with Crippen molar-refractivity contribution in [3.63, 3.8) is 0 Å². The lowest BCUT2D eigenvalue weighted by Crippen LogP contribution is -2.06. The smallest absolute Gasteiger partial charge is 0.171 e. The van der Waals surface area contributed by atoms with Gasteiger partial charge in [0, 0.05) is 11.4 Å². The average molecular weight is 313 g/mol. The maximum Gasteiger partial charge on any atom is 0.171 e. The van der Waals surface area contributed by atoms with Gasteiger partial charge in [0.25, 0.3) is 0 Å². The number of benzene rings is 2. The average Bonchev–Trinajstić information content (AvgIpc) is 2.43. The molecule has 0 amide bonds. The third-order valence-corrected chi connectivity index (χ3v) is 3.34. The highest BCUT2D eigenvalue weighted by atomic mass is 35.5. The van der Waals surface area contributed by atoms with E-state index in [1.54, 1.807) is 18.2 Å². The molecule has 0 radical (unpaired) electrons. The Morgan fingerprint density at radius 1 is 1.20 bits per heavy atom. The number of halogens is 3. The summed E-state index contributed by atoms with van der Waals surface area (Å²) in [7, 11) is 1.48. The summed E-state index contributed by atoms with van der Waals surface area (Å²) < 4.78 is 18.2. The molecule has 0 fully saturated rings. The van der Waals surface area contributed by atoms with Crippen LogP contribution < -0.4 is 4.74 Å². The van der Waals surface area contributed by atoms with Crippen molar-refractivity contribution in [1.29, 1.82) is 0 Å². The van der Waals surface area contributed by atoms with Crippen LogP contribution in [0.25, 0.3) is 0 Å². The van der Waals surface area contributed by atoms with Crippen molar-refractivity contribution >= 4 is 29.0 Å². The van der Waals surface area contributed by atoms with E-state index >= 15 is 0 Å². The lowest BCUT2D eigenvalue weighted by atomic mass is 10.0. The Morgan fingerprint density at radius 2 is 1.95 bits per heavy atom. The van der Waals surface area contributed by atoms with Gasteiger partial charge in [-0.1, -0.05) is 29.3 Å². The van der Waals surface area contributed by atoms with E-state index in [0.29, 0.717) is 21.9 Å². The van der Waals surface area contributed by atoms with Crippen molar-refractivity contribution in [3.05, 3.63) is 63.4 Å². The van der Waals surface area contributed by atoms with Gasteiger partial charge < -0.3 is 4.74 Å². The summed E-state index contributed by atoms with van der Waals surface area (Å²) in [5, 5.41) is 0.444. The molecule has 5 heteroatoms. The first-order valence-electron chi connectivity index (χ1n) is 5.82. The summed E-state index contributed by atoms with van der Waals surface area (Å²) in [6, 6.07) is 9.02. The Morgan fingerprint density at radius 3 is 2.60 bits per heavy atom. The Bertz CT molecular complexity index is 656. The number of hydrogen-bond acceptors (Lipinski definition) is 2. The molecule has 0 atom stereocenters. The first kappa shape index (κ1) is 14.8. The highest BCUT2D eigenvalue weighted by molar-refractivity contribution is 6.31. The molecule has 0 aliphatic heterocycles. The summed E-state index contributed by atoms with van der Waals surface area (Å²) >= 11 is 11.6. The molecule has 0 N–H and O–H groups in total. The minimum atomic E-state index is -0.511. The van der Waals surface area contributed by atoms with Crippen molar-refractivity contribution in [2.75, 3.05) is 7.11 Å². The number of methoxy groups -OCH3 is 1. The number of Topliss-reactive ketones (excluding diaryl/α,β-unsaturated/α-hetero) is 1. The summed E-state index contributed by atoms with van der Waals surface area (Å²) in [6.07, 6.45) is 0.0940. The van der Waals surface area contributed by atoms with Crippen molar-refractivity contribution in [2.45, 2.75) is 6.42 Å². The van der Waals surface area contributed by atoms with E-state index in [-0.39, 0.29) is 17.2 Å². The van der Waals surface area contributed by atoms with Crippen LogP contribution in [0.3, 0.4) is 0 Å². The van der Waals surface area contributed by atoms with Crippen LogP contribution in [0.4, 0.5) is 4.39 Å². The van der Waals surface area contributed by atoms with Gasteiger partial charge in [0.05, 0.1) is 17.7 Å². The third-order valence-electron chi connectivity index (χ3n) is 2.81. The molecule has 2 nitrogen and oxygen atoms in total. The molecule has 2 rings (SSSR count). The molecule has 0 bridgehead atoms. The molecule has 0 saturated heterocycles. The monoisotopic (exact) mass is 312 g/mol. The van der Waals surface area contributed by atoms with Gasteiger partial charge in [0.2, 0.25) is 0 Å². The Balaban J connectivity index is 2.27. The quantitative estimate of drug-likeness (QED) is 0.773. The maximum absolute atomic E-state index is 13.1. The Labute approximate surface area is 126 Å². The minimum absolute atomic E-state index is 0.00615. The molecule has 0 unspecified atom stereocenters. The van der Waals surface area contributed by atoms with Gasteiger partial charge >= 0.3 is 0 Å². The standard InChI is InChI=1S/C15H11Cl2FO2/c1-20-15-5-3-10(16)8-11(15)14(19)7-9-2-4-13(18)12(17)6-9/h2-6,8H,7H2,1H3. The van der Waals surface area contributed by atoms with Crippen molar-refractivity contribution < 1.29 is 13.9 Å². The van der Waals surface area contributed by atoms with Crippen LogP contribution in [-0.2, 0) is 6.42 Å². The molecule has 0 heterocycles. The van der Waals surface area contributed by atoms with Crippen LogP contribution in [-0.4, -0.2) is 12.9 Å². The second-order valence-corrected chi connectivity index (χ2v) is 5.04. The van der Waals surface area contributed by atoms with E-state index in [2.05, 4.69) is 0 Å². The van der Waals surface area contributed by atoms with E-state index in [9.17, 15) is 9.18 Å². The zero-order valence-electron chi connectivity index (χ0n) is 10.6. The molecule has 2 aromatic carbocycles. The fraction of sp³-hybridized carbons (Fsp3) is 0.133. The van der Waals surface area contributed by atoms with E-state index in [1.165, 1.54) is 25.3 Å². The van der Waals surface area contributed by atoms with Gasteiger partial charge in [-0.2, -0.15) is 0 Å². The topological polar surface area (TPSA) is 26.3 Å². The molecule has 0 aromatic heterocycles. The summed E-state index contributed by atoms with van der Waals surface area (Å²) in [6.45, 7) is 0. The summed E-state index contributed by atoms with van der Waals surface area (Å²) in [5.41, 5.74) is 1.02. The van der Waals surface area contributed by atoms with Crippen molar-refractivity contribution in [3.8, 4) is 5.75 Å². The second kappa shape index (κ2) is 6.25. The fourth-order valence-corrected chi connectivity index (χ4v) is 2.20. The number of hydrogen-bond donors (Lipinski definition) is 0. The summed E-state index contributed by atoms with van der Waals surface area (Å²) in [4.78, 5) is 12.3. The number of rotatable bonds is 4. The molecule has 0 aliphatic rings. The molecule has 104 valence electrons. The molecular weight excluding hydrogens is 302 g/mol. The van der Waals surface area contributed by atoms with E-state index < -0.39 is 5.82 Å². The number of ketones is 1. The number of carbonyl (C=O) groups is 1. The van der Waals surface area contributed by atoms with Crippen LogP contribution in [0.15, 0.2) is 36.4 Å². The first-order valence-corrected chi connectivity index (χ1v) is 6.57.